The number of anilines is 1. The Morgan fingerprint density at radius 3 is 3.00 bits per heavy atom. The van der Waals surface area contributed by atoms with E-state index >= 15 is 0 Å². The van der Waals surface area contributed by atoms with Gasteiger partial charge in [-0.2, -0.15) is 17.7 Å². The number of hydrogen-bond donors (Lipinski definition) is 5. The molecule has 1 aliphatic rings. The highest BCUT2D eigenvalue weighted by Crippen LogP contribution is 2.26. The normalized spacial score (nSPS) is 15.0. The fourth-order valence-electron chi connectivity index (χ4n) is 3.19. The Morgan fingerprint density at radius 1 is 1.32 bits per heavy atom. The molecule has 0 unspecified atom stereocenters. The van der Waals surface area contributed by atoms with Crippen LogP contribution >= 0.6 is 12.6 Å². The van der Waals surface area contributed by atoms with Crippen molar-refractivity contribution in [1.29, 1.82) is 0 Å². The summed E-state index contributed by atoms with van der Waals surface area (Å²) >= 11 is 4.08. The number of imidazole rings is 1. The summed E-state index contributed by atoms with van der Waals surface area (Å²) < 4.78 is 5.41. The van der Waals surface area contributed by atoms with Crippen molar-refractivity contribution >= 4 is 35.4 Å². The fourth-order valence-corrected chi connectivity index (χ4v) is 3.30. The molecule has 2 amide bonds. The van der Waals surface area contributed by atoms with Crippen molar-refractivity contribution in [3.63, 3.8) is 0 Å². The van der Waals surface area contributed by atoms with Gasteiger partial charge in [0.05, 0.1) is 36.1 Å². The molecular weight excluding hydrogens is 378 g/mol. The number of H-pyrrole nitrogens is 2. The monoisotopic (exact) mass is 401 g/mol. The van der Waals surface area contributed by atoms with Crippen LogP contribution in [0.4, 0.5) is 10.5 Å². The van der Waals surface area contributed by atoms with E-state index in [4.69, 9.17) is 4.74 Å². The van der Waals surface area contributed by atoms with Gasteiger partial charge in [0.15, 0.2) is 5.82 Å². The lowest BCUT2D eigenvalue weighted by Crippen LogP contribution is -2.35. The van der Waals surface area contributed by atoms with Crippen LogP contribution in [0.15, 0.2) is 24.4 Å². The van der Waals surface area contributed by atoms with Gasteiger partial charge in [-0.15, -0.1) is 0 Å². The summed E-state index contributed by atoms with van der Waals surface area (Å²) in [6.45, 7) is 4.84. The maximum atomic E-state index is 11.9. The lowest BCUT2D eigenvalue weighted by Gasteiger charge is -2.26. The summed E-state index contributed by atoms with van der Waals surface area (Å²) in [4.78, 5) is 22.2. The predicted octanol–water partition coefficient (Wildman–Crippen LogP) is 1.84. The Hall–Kier alpha value is -2.56. The molecule has 4 rings (SSSR count). The Kier molecular flexibility index (Phi) is 5.79. The molecule has 10 heteroatoms. The summed E-state index contributed by atoms with van der Waals surface area (Å²) in [5.41, 5.74) is 4.22. The first-order chi connectivity index (χ1) is 13.7. The molecule has 1 saturated heterocycles. The summed E-state index contributed by atoms with van der Waals surface area (Å²) in [6.07, 6.45) is 1.56. The zero-order chi connectivity index (χ0) is 19.3. The number of ether oxygens (including phenoxy) is 1. The third-order valence-corrected chi connectivity index (χ3v) is 4.80. The number of carbonyl (C=O) groups excluding carboxylic acids is 1. The first-order valence-electron chi connectivity index (χ1n) is 9.21. The van der Waals surface area contributed by atoms with Gasteiger partial charge in [0.1, 0.15) is 5.69 Å². The van der Waals surface area contributed by atoms with Crippen molar-refractivity contribution in [2.75, 3.05) is 43.9 Å². The first kappa shape index (κ1) is 18.8. The number of thiol groups is 1. The van der Waals surface area contributed by atoms with Crippen molar-refractivity contribution < 1.29 is 9.53 Å². The minimum Gasteiger partial charge on any atom is -0.379 e. The van der Waals surface area contributed by atoms with E-state index in [1.807, 2.05) is 6.07 Å². The van der Waals surface area contributed by atoms with Crippen molar-refractivity contribution in [2.45, 2.75) is 6.54 Å². The summed E-state index contributed by atoms with van der Waals surface area (Å²) in [5.74, 6) is 1.20. The second-order valence-corrected chi connectivity index (χ2v) is 7.04. The van der Waals surface area contributed by atoms with Crippen LogP contribution < -0.4 is 10.6 Å². The zero-order valence-electron chi connectivity index (χ0n) is 15.4. The van der Waals surface area contributed by atoms with E-state index in [1.54, 1.807) is 6.20 Å². The van der Waals surface area contributed by atoms with Gasteiger partial charge in [-0.05, 0) is 17.7 Å². The molecule has 3 aromatic rings. The molecule has 3 heterocycles. The Morgan fingerprint density at radius 2 is 2.18 bits per heavy atom. The molecule has 0 atom stereocenters. The molecule has 1 aromatic carbocycles. The molecule has 28 heavy (non-hydrogen) atoms. The van der Waals surface area contributed by atoms with E-state index in [9.17, 15) is 4.79 Å². The quantitative estimate of drug-likeness (QED) is 0.405. The Labute approximate surface area is 167 Å². The number of rotatable bonds is 6. The standard InChI is InChI=1S/C18H23N7O2S/c26-18(19-3-8-28)23-15-10-20-24-16(15)17-21-13-2-1-12(9-14(13)22-17)11-25-4-6-27-7-5-25/h1-2,9-10,28H,3-8,11H2,(H,20,24)(H,21,22)(H2,19,23,26). The molecule has 4 N–H and O–H groups in total. The zero-order valence-corrected chi connectivity index (χ0v) is 16.3. The second-order valence-electron chi connectivity index (χ2n) is 6.59. The maximum absolute atomic E-state index is 11.9. The van der Waals surface area contributed by atoms with E-state index < -0.39 is 0 Å². The summed E-state index contributed by atoms with van der Waals surface area (Å²) in [5, 5.41) is 12.4. The first-order valence-corrected chi connectivity index (χ1v) is 9.84. The molecule has 148 valence electrons. The van der Waals surface area contributed by atoms with Crippen LogP contribution in [-0.2, 0) is 11.3 Å². The number of carbonyl (C=O) groups is 1. The van der Waals surface area contributed by atoms with Crippen LogP contribution in [0.2, 0.25) is 0 Å². The van der Waals surface area contributed by atoms with Gasteiger partial charge >= 0.3 is 6.03 Å². The van der Waals surface area contributed by atoms with Crippen LogP contribution in [0.5, 0.6) is 0 Å². The van der Waals surface area contributed by atoms with Gasteiger partial charge in [-0.25, -0.2) is 9.78 Å². The van der Waals surface area contributed by atoms with Gasteiger partial charge < -0.3 is 20.4 Å². The van der Waals surface area contributed by atoms with Crippen LogP contribution in [0.25, 0.3) is 22.6 Å². The number of urea groups is 1. The van der Waals surface area contributed by atoms with Gasteiger partial charge in [-0.3, -0.25) is 10.00 Å². The predicted molar refractivity (Wildman–Crippen MR) is 111 cm³/mol. The molecule has 1 aliphatic heterocycles. The van der Waals surface area contributed by atoms with Gasteiger partial charge in [0.25, 0.3) is 0 Å². The number of nitrogens with one attached hydrogen (secondary N) is 4. The average molecular weight is 401 g/mol. The van der Waals surface area contributed by atoms with E-state index in [1.165, 1.54) is 5.56 Å². The number of aromatic nitrogens is 4. The molecule has 1 fully saturated rings. The lowest BCUT2D eigenvalue weighted by molar-refractivity contribution is 0.0342. The van der Waals surface area contributed by atoms with E-state index in [0.717, 1.165) is 43.9 Å². The second kappa shape index (κ2) is 8.63. The topological polar surface area (TPSA) is 111 Å². The van der Waals surface area contributed by atoms with Crippen molar-refractivity contribution in [3.8, 4) is 11.5 Å². The molecule has 2 aromatic heterocycles. The van der Waals surface area contributed by atoms with Crippen LogP contribution in [-0.4, -0.2) is 69.7 Å². The highest BCUT2D eigenvalue weighted by atomic mass is 32.1. The largest absolute Gasteiger partial charge is 0.379 e. The molecule has 0 aliphatic carbocycles. The minimum absolute atomic E-state index is 0.305. The highest BCUT2D eigenvalue weighted by molar-refractivity contribution is 7.80. The van der Waals surface area contributed by atoms with Gasteiger partial charge in [0, 0.05) is 31.9 Å². The molecule has 0 saturated carbocycles. The van der Waals surface area contributed by atoms with Crippen molar-refractivity contribution in [3.05, 3.63) is 30.0 Å². The molecule has 0 bridgehead atoms. The van der Waals surface area contributed by atoms with Gasteiger partial charge in [-0.1, -0.05) is 6.07 Å². The maximum Gasteiger partial charge on any atom is 0.319 e. The number of benzene rings is 1. The fraction of sp³-hybridized carbons (Fsp3) is 0.389. The van der Waals surface area contributed by atoms with E-state index in [2.05, 4.69) is 60.5 Å². The Balaban J connectivity index is 1.52. The third kappa shape index (κ3) is 4.29. The Bertz CT molecular complexity index is 948. The van der Waals surface area contributed by atoms with E-state index in [0.29, 0.717) is 29.5 Å². The van der Waals surface area contributed by atoms with Crippen LogP contribution in [0.3, 0.4) is 0 Å². The van der Waals surface area contributed by atoms with Gasteiger partial charge in [0.2, 0.25) is 0 Å². The minimum atomic E-state index is -0.305. The van der Waals surface area contributed by atoms with Crippen LogP contribution in [0, 0.1) is 0 Å². The summed E-state index contributed by atoms with van der Waals surface area (Å²) in [6, 6.07) is 5.91. The highest BCUT2D eigenvalue weighted by Gasteiger charge is 2.15. The lowest BCUT2D eigenvalue weighted by atomic mass is 10.2. The smallest absolute Gasteiger partial charge is 0.319 e. The number of morpholine rings is 1. The number of amides is 2. The van der Waals surface area contributed by atoms with Crippen molar-refractivity contribution in [1.82, 2.24) is 30.4 Å². The molecule has 0 radical (unpaired) electrons. The molecule has 9 nitrogen and oxygen atoms in total. The number of hydrogen-bond acceptors (Lipinski definition) is 6. The van der Waals surface area contributed by atoms with Crippen molar-refractivity contribution in [2.24, 2.45) is 0 Å². The number of aromatic amines is 2. The summed E-state index contributed by atoms with van der Waals surface area (Å²) in [7, 11) is 0. The molecule has 0 spiro atoms. The number of nitrogens with zero attached hydrogens (tertiary/aromatic N) is 3. The average Bonchev–Trinajstić information content (AvgIpc) is 3.33. The third-order valence-electron chi connectivity index (χ3n) is 4.58. The SMILES string of the molecule is O=C(NCCS)Nc1cn[nH]c1-c1nc2ccc(CN3CCOCC3)cc2[nH]1. The molecular formula is C18H23N7O2S. The van der Waals surface area contributed by atoms with Crippen LogP contribution in [0.1, 0.15) is 5.56 Å². The number of fused-ring (bicyclic) bond motifs is 1. The van der Waals surface area contributed by atoms with E-state index in [-0.39, 0.29) is 6.03 Å².